The Morgan fingerprint density at radius 1 is 1.03 bits per heavy atom. The van der Waals surface area contributed by atoms with Crippen molar-refractivity contribution in [1.29, 1.82) is 0 Å². The monoisotopic (exact) mass is 396 g/mol. The number of carbonyl (C=O) groups excluding carboxylic acids is 2. The third-order valence-electron chi connectivity index (χ3n) is 6.49. The number of hydrogen-bond donors (Lipinski definition) is 0. The summed E-state index contributed by atoms with van der Waals surface area (Å²) in [5.74, 6) is 1.94. The van der Waals surface area contributed by atoms with E-state index < -0.39 is 0 Å². The number of nitrogens with zero attached hydrogens (tertiary/aromatic N) is 4. The van der Waals surface area contributed by atoms with Gasteiger partial charge in [0.25, 0.3) is 0 Å². The molecule has 0 aromatic carbocycles. The molecule has 156 valence electrons. The van der Waals surface area contributed by atoms with Crippen LogP contribution < -0.4 is 4.90 Å². The summed E-state index contributed by atoms with van der Waals surface area (Å²) in [5.41, 5.74) is 1.01. The largest absolute Gasteiger partial charge is 0.353 e. The second-order valence-corrected chi connectivity index (χ2v) is 8.48. The number of likely N-dealkylation sites (tertiary alicyclic amines) is 1. The van der Waals surface area contributed by atoms with Crippen molar-refractivity contribution in [3.8, 4) is 0 Å². The van der Waals surface area contributed by atoms with Gasteiger partial charge in [0.2, 0.25) is 11.8 Å². The Morgan fingerprint density at radius 3 is 2.62 bits per heavy atom. The minimum atomic E-state index is 0.240. The van der Waals surface area contributed by atoms with Crippen molar-refractivity contribution >= 4 is 17.6 Å². The highest BCUT2D eigenvalue weighted by molar-refractivity contribution is 5.93. The van der Waals surface area contributed by atoms with E-state index in [0.29, 0.717) is 12.3 Å². The third-order valence-corrected chi connectivity index (χ3v) is 6.49. The molecule has 2 saturated heterocycles. The summed E-state index contributed by atoms with van der Waals surface area (Å²) in [6.07, 6.45) is 10.7. The van der Waals surface area contributed by atoms with E-state index in [1.54, 1.807) is 0 Å². The molecular formula is C23H32N4O2. The van der Waals surface area contributed by atoms with E-state index in [-0.39, 0.29) is 11.8 Å². The number of aromatic nitrogens is 1. The molecule has 0 radical (unpaired) electrons. The van der Waals surface area contributed by atoms with E-state index in [2.05, 4.69) is 16.0 Å². The molecule has 1 aromatic heterocycles. The molecule has 2 fully saturated rings. The summed E-state index contributed by atoms with van der Waals surface area (Å²) in [5, 5.41) is 0. The second kappa shape index (κ2) is 9.42. The van der Waals surface area contributed by atoms with E-state index in [0.717, 1.165) is 89.2 Å². The lowest BCUT2D eigenvalue weighted by Gasteiger charge is -2.36. The molecule has 6 nitrogen and oxygen atoms in total. The number of piperazine rings is 1. The average molecular weight is 397 g/mol. The van der Waals surface area contributed by atoms with Gasteiger partial charge >= 0.3 is 0 Å². The van der Waals surface area contributed by atoms with Gasteiger partial charge in [0.05, 0.1) is 0 Å². The molecule has 4 rings (SSSR count). The lowest BCUT2D eigenvalue weighted by atomic mass is 9.92. The summed E-state index contributed by atoms with van der Waals surface area (Å²) in [6.45, 7) is 4.89. The van der Waals surface area contributed by atoms with Crippen LogP contribution in [-0.4, -0.2) is 65.9 Å². The first-order chi connectivity index (χ1) is 14.2. The van der Waals surface area contributed by atoms with Crippen LogP contribution in [0.2, 0.25) is 0 Å². The molecular weight excluding hydrogens is 364 g/mol. The second-order valence-electron chi connectivity index (χ2n) is 8.48. The number of amides is 2. The van der Waals surface area contributed by atoms with Gasteiger partial charge < -0.3 is 14.7 Å². The molecule has 1 aromatic rings. The zero-order valence-electron chi connectivity index (χ0n) is 17.3. The summed E-state index contributed by atoms with van der Waals surface area (Å²) >= 11 is 0. The van der Waals surface area contributed by atoms with Crippen LogP contribution in [0.1, 0.15) is 44.9 Å². The zero-order chi connectivity index (χ0) is 20.1. The molecule has 1 aliphatic carbocycles. The van der Waals surface area contributed by atoms with Gasteiger partial charge in [0, 0.05) is 57.5 Å². The van der Waals surface area contributed by atoms with Crippen LogP contribution in [0.5, 0.6) is 0 Å². The van der Waals surface area contributed by atoms with Crippen LogP contribution in [0.3, 0.4) is 0 Å². The van der Waals surface area contributed by atoms with Gasteiger partial charge in [-0.2, -0.15) is 0 Å². The molecule has 3 heterocycles. The number of allylic oxidation sites excluding steroid dienone is 1. The molecule has 3 aliphatic rings. The standard InChI is InChI=1S/C23H32N4O2/c28-22(26-16-14-25(15-17-26)21-9-3-4-12-24-21)11-10-19-6-5-13-27(18-19)23(29)20-7-1-2-8-20/h3-4,7,9,12,19H,1-2,5-6,8,10-11,13-18H2/t19-/m1/s1. The normalized spacial score (nSPS) is 22.6. The Morgan fingerprint density at radius 2 is 1.90 bits per heavy atom. The average Bonchev–Trinajstić information content (AvgIpc) is 3.33. The van der Waals surface area contributed by atoms with Gasteiger partial charge in [-0.15, -0.1) is 0 Å². The predicted molar refractivity (Wildman–Crippen MR) is 114 cm³/mol. The van der Waals surface area contributed by atoms with E-state index in [9.17, 15) is 9.59 Å². The number of carbonyl (C=O) groups is 2. The van der Waals surface area contributed by atoms with Crippen LogP contribution in [0, 0.1) is 5.92 Å². The van der Waals surface area contributed by atoms with Crippen molar-refractivity contribution in [3.63, 3.8) is 0 Å². The van der Waals surface area contributed by atoms with Crippen molar-refractivity contribution in [2.45, 2.75) is 44.9 Å². The summed E-state index contributed by atoms with van der Waals surface area (Å²) in [7, 11) is 0. The highest BCUT2D eigenvalue weighted by Gasteiger charge is 2.28. The van der Waals surface area contributed by atoms with Gasteiger partial charge in [-0.05, 0) is 56.6 Å². The molecule has 1 atom stereocenters. The van der Waals surface area contributed by atoms with Crippen LogP contribution in [0.25, 0.3) is 0 Å². The number of pyridine rings is 1. The molecule has 0 N–H and O–H groups in total. The van der Waals surface area contributed by atoms with Gasteiger partial charge in [0.1, 0.15) is 5.82 Å². The van der Waals surface area contributed by atoms with Crippen molar-refractivity contribution < 1.29 is 9.59 Å². The maximum Gasteiger partial charge on any atom is 0.249 e. The van der Waals surface area contributed by atoms with E-state index in [4.69, 9.17) is 0 Å². The minimum Gasteiger partial charge on any atom is -0.353 e. The smallest absolute Gasteiger partial charge is 0.249 e. The molecule has 2 aliphatic heterocycles. The topological polar surface area (TPSA) is 56.8 Å². The highest BCUT2D eigenvalue weighted by Crippen LogP contribution is 2.26. The fourth-order valence-electron chi connectivity index (χ4n) is 4.76. The fraction of sp³-hybridized carbons (Fsp3) is 0.609. The van der Waals surface area contributed by atoms with Crippen LogP contribution in [0.15, 0.2) is 36.0 Å². The first kappa shape index (κ1) is 19.9. The van der Waals surface area contributed by atoms with Gasteiger partial charge in [-0.3, -0.25) is 9.59 Å². The van der Waals surface area contributed by atoms with Crippen LogP contribution >= 0.6 is 0 Å². The fourth-order valence-corrected chi connectivity index (χ4v) is 4.76. The number of piperidine rings is 1. The minimum absolute atomic E-state index is 0.240. The van der Waals surface area contributed by atoms with Crippen molar-refractivity contribution in [1.82, 2.24) is 14.8 Å². The first-order valence-corrected chi connectivity index (χ1v) is 11.1. The molecule has 2 amide bonds. The highest BCUT2D eigenvalue weighted by atomic mass is 16.2. The van der Waals surface area contributed by atoms with Crippen molar-refractivity contribution in [2.24, 2.45) is 5.92 Å². The van der Waals surface area contributed by atoms with Crippen LogP contribution in [0.4, 0.5) is 5.82 Å². The number of hydrogen-bond acceptors (Lipinski definition) is 4. The maximum atomic E-state index is 12.7. The summed E-state index contributed by atoms with van der Waals surface area (Å²) in [6, 6.07) is 5.95. The Bertz CT molecular complexity index is 741. The molecule has 29 heavy (non-hydrogen) atoms. The molecule has 0 unspecified atom stereocenters. The third kappa shape index (κ3) is 4.98. The lowest BCUT2D eigenvalue weighted by molar-refractivity contribution is -0.132. The van der Waals surface area contributed by atoms with Crippen molar-refractivity contribution in [3.05, 3.63) is 36.0 Å². The van der Waals surface area contributed by atoms with Gasteiger partial charge in [-0.1, -0.05) is 12.1 Å². The predicted octanol–water partition coefficient (Wildman–Crippen LogP) is 2.86. The Labute approximate surface area is 173 Å². The number of rotatable bonds is 5. The zero-order valence-corrected chi connectivity index (χ0v) is 17.3. The SMILES string of the molecule is O=C(CC[C@H]1CCCN(C(=O)C2=CCCC2)C1)N1CCN(c2ccccn2)CC1. The van der Waals surface area contributed by atoms with E-state index >= 15 is 0 Å². The summed E-state index contributed by atoms with van der Waals surface area (Å²) in [4.78, 5) is 36.0. The Kier molecular flexibility index (Phi) is 6.47. The Hall–Kier alpha value is -2.37. The molecule has 6 heteroatoms. The maximum absolute atomic E-state index is 12.7. The van der Waals surface area contributed by atoms with Crippen LogP contribution in [-0.2, 0) is 9.59 Å². The first-order valence-electron chi connectivity index (χ1n) is 11.1. The van der Waals surface area contributed by atoms with E-state index in [1.165, 1.54) is 0 Å². The summed E-state index contributed by atoms with van der Waals surface area (Å²) < 4.78 is 0. The molecule has 0 saturated carbocycles. The molecule has 0 bridgehead atoms. The lowest BCUT2D eigenvalue weighted by Crippen LogP contribution is -2.49. The Balaban J connectivity index is 1.21. The number of anilines is 1. The van der Waals surface area contributed by atoms with E-state index in [1.807, 2.05) is 34.2 Å². The van der Waals surface area contributed by atoms with Gasteiger partial charge in [0.15, 0.2) is 0 Å². The van der Waals surface area contributed by atoms with Gasteiger partial charge in [-0.25, -0.2) is 4.98 Å². The molecule has 0 spiro atoms. The van der Waals surface area contributed by atoms with Crippen molar-refractivity contribution in [2.75, 3.05) is 44.2 Å². The quantitative estimate of drug-likeness (QED) is 0.768.